The minimum atomic E-state index is 0.397. The number of rotatable bonds is 10. The van der Waals surface area contributed by atoms with E-state index in [2.05, 4.69) is 51.8 Å². The monoisotopic (exact) mass is 435 g/mol. The first-order chi connectivity index (χ1) is 14.8. The number of nitrogens with zero attached hydrogens (tertiary/aromatic N) is 3. The molecule has 170 valence electrons. The molecule has 0 spiro atoms. The summed E-state index contributed by atoms with van der Waals surface area (Å²) >= 11 is 1.86. The van der Waals surface area contributed by atoms with E-state index in [1.165, 1.54) is 50.2 Å². The van der Waals surface area contributed by atoms with Crippen molar-refractivity contribution in [2.24, 2.45) is 10.9 Å². The van der Waals surface area contributed by atoms with Crippen LogP contribution >= 0.6 is 11.3 Å². The second-order valence-corrected chi connectivity index (χ2v) is 9.54. The maximum Gasteiger partial charge on any atom is 0.191 e. The summed E-state index contributed by atoms with van der Waals surface area (Å²) in [5.74, 6) is 1.81. The van der Waals surface area contributed by atoms with Crippen LogP contribution in [-0.4, -0.2) is 81.3 Å². The zero-order chi connectivity index (χ0) is 21.0. The summed E-state index contributed by atoms with van der Waals surface area (Å²) in [6, 6.07) is 4.84. The molecule has 3 heterocycles. The van der Waals surface area contributed by atoms with Crippen molar-refractivity contribution in [2.45, 2.75) is 45.6 Å². The van der Waals surface area contributed by atoms with Crippen molar-refractivity contribution in [3.63, 3.8) is 0 Å². The Morgan fingerprint density at radius 1 is 1.20 bits per heavy atom. The molecule has 1 unspecified atom stereocenters. The highest BCUT2D eigenvalue weighted by atomic mass is 32.1. The average molecular weight is 436 g/mol. The Labute approximate surface area is 187 Å². The fourth-order valence-electron chi connectivity index (χ4n) is 4.22. The van der Waals surface area contributed by atoms with Gasteiger partial charge in [-0.1, -0.05) is 13.0 Å². The van der Waals surface area contributed by atoms with Crippen LogP contribution < -0.4 is 10.6 Å². The fourth-order valence-corrected chi connectivity index (χ4v) is 5.07. The molecule has 30 heavy (non-hydrogen) atoms. The Morgan fingerprint density at radius 2 is 2.00 bits per heavy atom. The van der Waals surface area contributed by atoms with Gasteiger partial charge in [-0.15, -0.1) is 11.3 Å². The predicted octanol–water partition coefficient (Wildman–Crippen LogP) is 3.19. The van der Waals surface area contributed by atoms with Crippen molar-refractivity contribution in [1.29, 1.82) is 0 Å². The lowest BCUT2D eigenvalue weighted by molar-refractivity contribution is 0.0372. The Bertz CT molecular complexity index is 595. The number of hydrogen-bond donors (Lipinski definition) is 2. The van der Waals surface area contributed by atoms with Crippen LogP contribution in [0.4, 0.5) is 0 Å². The third-order valence-electron chi connectivity index (χ3n) is 6.19. The van der Waals surface area contributed by atoms with Gasteiger partial charge in [0, 0.05) is 31.1 Å². The summed E-state index contributed by atoms with van der Waals surface area (Å²) < 4.78 is 5.43. The molecule has 0 aromatic carbocycles. The smallest absolute Gasteiger partial charge is 0.191 e. The molecular weight excluding hydrogens is 394 g/mol. The van der Waals surface area contributed by atoms with E-state index in [0.717, 1.165) is 57.8 Å². The van der Waals surface area contributed by atoms with Gasteiger partial charge in [-0.2, -0.15) is 0 Å². The minimum Gasteiger partial charge on any atom is -0.379 e. The molecule has 1 aromatic rings. The van der Waals surface area contributed by atoms with Gasteiger partial charge in [0.05, 0.1) is 25.8 Å². The molecule has 0 aliphatic carbocycles. The number of nitrogens with one attached hydrogen (secondary N) is 2. The van der Waals surface area contributed by atoms with E-state index >= 15 is 0 Å². The largest absolute Gasteiger partial charge is 0.379 e. The lowest BCUT2D eigenvalue weighted by Gasteiger charge is -2.35. The third-order valence-corrected chi connectivity index (χ3v) is 7.17. The van der Waals surface area contributed by atoms with Gasteiger partial charge in [-0.05, 0) is 69.6 Å². The highest BCUT2D eigenvalue weighted by molar-refractivity contribution is 7.10. The quantitative estimate of drug-likeness (QED) is 0.336. The second kappa shape index (κ2) is 13.3. The van der Waals surface area contributed by atoms with Crippen molar-refractivity contribution in [2.75, 3.05) is 65.6 Å². The number of likely N-dealkylation sites (tertiary alicyclic amines) is 1. The van der Waals surface area contributed by atoms with E-state index in [1.54, 1.807) is 0 Å². The van der Waals surface area contributed by atoms with Crippen LogP contribution in [0, 0.1) is 5.92 Å². The van der Waals surface area contributed by atoms with Gasteiger partial charge in [-0.25, -0.2) is 0 Å². The molecule has 1 aromatic heterocycles. The molecule has 2 aliphatic rings. The first-order valence-corrected chi connectivity index (χ1v) is 12.7. The molecule has 7 heteroatoms. The third kappa shape index (κ3) is 7.84. The number of piperidine rings is 1. The van der Waals surface area contributed by atoms with Gasteiger partial charge >= 0.3 is 0 Å². The Balaban J connectivity index is 1.47. The number of morpholine rings is 1. The summed E-state index contributed by atoms with van der Waals surface area (Å²) in [6.07, 6.45) is 4.98. The van der Waals surface area contributed by atoms with Gasteiger partial charge in [-0.3, -0.25) is 14.8 Å². The van der Waals surface area contributed by atoms with Gasteiger partial charge in [0.2, 0.25) is 0 Å². The SMILES string of the molecule is CCNC(=NCC(c1cccs1)N1CCC(C)CC1)NCCCCN1CCOCC1. The molecule has 0 radical (unpaired) electrons. The van der Waals surface area contributed by atoms with E-state index in [9.17, 15) is 0 Å². The van der Waals surface area contributed by atoms with Gasteiger partial charge in [0.15, 0.2) is 5.96 Å². The molecule has 2 aliphatic heterocycles. The molecule has 2 N–H and O–H groups in total. The van der Waals surface area contributed by atoms with Crippen molar-refractivity contribution in [1.82, 2.24) is 20.4 Å². The molecule has 3 rings (SSSR count). The number of aliphatic imine (C=N–C) groups is 1. The van der Waals surface area contributed by atoms with Crippen molar-refractivity contribution < 1.29 is 4.74 Å². The van der Waals surface area contributed by atoms with Crippen LogP contribution in [0.15, 0.2) is 22.5 Å². The lowest BCUT2D eigenvalue weighted by Crippen LogP contribution is -2.40. The topological polar surface area (TPSA) is 52.1 Å². The van der Waals surface area contributed by atoms with Crippen LogP contribution in [0.5, 0.6) is 0 Å². The Hall–Kier alpha value is -1.15. The maximum atomic E-state index is 5.43. The molecule has 6 nitrogen and oxygen atoms in total. The molecule has 0 amide bonds. The number of guanidine groups is 1. The van der Waals surface area contributed by atoms with Crippen LogP contribution in [0.2, 0.25) is 0 Å². The standard InChI is InChI=1S/C23H41N5OS/c1-3-24-23(25-10-4-5-11-27-14-16-29-17-15-27)26-19-21(22-7-6-18-30-22)28-12-8-20(2)9-13-28/h6-7,18,20-21H,3-5,8-17,19H2,1-2H3,(H2,24,25,26). The number of hydrogen-bond acceptors (Lipinski definition) is 5. The summed E-state index contributed by atoms with van der Waals surface area (Å²) in [6.45, 7) is 14.7. The van der Waals surface area contributed by atoms with Crippen LogP contribution in [0.1, 0.15) is 50.4 Å². The highest BCUT2D eigenvalue weighted by Crippen LogP contribution is 2.29. The second-order valence-electron chi connectivity index (χ2n) is 8.56. The van der Waals surface area contributed by atoms with Crippen molar-refractivity contribution >= 4 is 17.3 Å². The first-order valence-electron chi connectivity index (χ1n) is 11.9. The van der Waals surface area contributed by atoms with E-state index in [-0.39, 0.29) is 0 Å². The Kier molecular flexibility index (Phi) is 10.4. The molecule has 0 bridgehead atoms. The highest BCUT2D eigenvalue weighted by Gasteiger charge is 2.25. The molecular formula is C23H41N5OS. The van der Waals surface area contributed by atoms with E-state index in [0.29, 0.717) is 6.04 Å². The van der Waals surface area contributed by atoms with Crippen LogP contribution in [-0.2, 0) is 4.74 Å². The minimum absolute atomic E-state index is 0.397. The van der Waals surface area contributed by atoms with Crippen molar-refractivity contribution in [3.8, 4) is 0 Å². The summed E-state index contributed by atoms with van der Waals surface area (Å²) in [7, 11) is 0. The zero-order valence-electron chi connectivity index (χ0n) is 18.9. The Morgan fingerprint density at radius 3 is 2.70 bits per heavy atom. The zero-order valence-corrected chi connectivity index (χ0v) is 19.8. The van der Waals surface area contributed by atoms with Gasteiger partial charge < -0.3 is 15.4 Å². The molecule has 2 saturated heterocycles. The number of ether oxygens (including phenoxy) is 1. The summed E-state index contributed by atoms with van der Waals surface area (Å²) in [4.78, 5) is 11.6. The molecule has 2 fully saturated rings. The predicted molar refractivity (Wildman–Crippen MR) is 128 cm³/mol. The van der Waals surface area contributed by atoms with E-state index in [1.807, 2.05) is 11.3 Å². The molecule has 0 saturated carbocycles. The van der Waals surface area contributed by atoms with E-state index < -0.39 is 0 Å². The fraction of sp³-hybridized carbons (Fsp3) is 0.783. The van der Waals surface area contributed by atoms with Gasteiger partial charge in [0.25, 0.3) is 0 Å². The molecule has 1 atom stereocenters. The van der Waals surface area contributed by atoms with Crippen LogP contribution in [0.25, 0.3) is 0 Å². The number of thiophene rings is 1. The van der Waals surface area contributed by atoms with Gasteiger partial charge in [0.1, 0.15) is 0 Å². The van der Waals surface area contributed by atoms with E-state index in [4.69, 9.17) is 9.73 Å². The lowest BCUT2D eigenvalue weighted by atomic mass is 9.97. The average Bonchev–Trinajstić information content (AvgIpc) is 3.30. The maximum absolute atomic E-state index is 5.43. The first kappa shape index (κ1) is 23.5. The summed E-state index contributed by atoms with van der Waals surface area (Å²) in [5, 5.41) is 9.17. The number of unbranched alkanes of at least 4 members (excludes halogenated alkanes) is 1. The summed E-state index contributed by atoms with van der Waals surface area (Å²) in [5.41, 5.74) is 0. The van der Waals surface area contributed by atoms with Crippen molar-refractivity contribution in [3.05, 3.63) is 22.4 Å². The van der Waals surface area contributed by atoms with Crippen LogP contribution in [0.3, 0.4) is 0 Å². The normalized spacial score (nSPS) is 20.9.